The van der Waals surface area contributed by atoms with Crippen molar-refractivity contribution in [2.45, 2.75) is 31.7 Å². The largest absolute Gasteiger partial charge is 0.755 e. The first-order valence-electron chi connectivity index (χ1n) is 10.9. The molecule has 2 aromatic carbocycles. The van der Waals surface area contributed by atoms with E-state index in [4.69, 9.17) is 0 Å². The van der Waals surface area contributed by atoms with Gasteiger partial charge >= 0.3 is 0 Å². The number of nitrogens with zero attached hydrogens (tertiary/aromatic N) is 2. The second-order valence-corrected chi connectivity index (χ2v) is 9.00. The molecule has 1 saturated heterocycles. The van der Waals surface area contributed by atoms with Crippen LogP contribution in [0.4, 0.5) is 17.1 Å². The average Bonchev–Trinajstić information content (AvgIpc) is 2.80. The topological polar surface area (TPSA) is 105 Å². The molecule has 0 spiro atoms. The van der Waals surface area contributed by atoms with E-state index in [-0.39, 0.29) is 12.3 Å². The highest BCUT2D eigenvalue weighted by Crippen LogP contribution is 2.33. The lowest BCUT2D eigenvalue weighted by Crippen LogP contribution is -2.51. The van der Waals surface area contributed by atoms with Crippen LogP contribution < -0.4 is 19.8 Å². The van der Waals surface area contributed by atoms with Crippen molar-refractivity contribution in [3.63, 3.8) is 0 Å². The van der Waals surface area contributed by atoms with E-state index in [1.807, 2.05) is 18.2 Å². The van der Waals surface area contributed by atoms with Gasteiger partial charge in [-0.05, 0) is 49.4 Å². The molecule has 2 unspecified atom stereocenters. The predicted molar refractivity (Wildman–Crippen MR) is 124 cm³/mol. The Morgan fingerprint density at radius 3 is 2.50 bits per heavy atom. The standard InChI is InChI=1S/C23H28N4O4S/c28-22(16-21-23(29)25-19-8-4-5-9-20(19)27(21)32(30)31)24-13-10-17-11-14-26(15-12-17)18-6-2-1-3-7-18/h1-9,17,21H,10-16H2,(H,24,28)(H,25,29)(H,30,31)/p-1. The van der Waals surface area contributed by atoms with Crippen LogP contribution in [-0.2, 0) is 20.9 Å². The zero-order valence-corrected chi connectivity index (χ0v) is 18.6. The van der Waals surface area contributed by atoms with E-state index in [2.05, 4.69) is 27.7 Å². The molecule has 0 aliphatic carbocycles. The Morgan fingerprint density at radius 2 is 1.78 bits per heavy atom. The van der Waals surface area contributed by atoms with Gasteiger partial charge in [0.05, 0.1) is 17.8 Å². The Morgan fingerprint density at radius 1 is 1.09 bits per heavy atom. The minimum Gasteiger partial charge on any atom is -0.755 e. The number of hydrogen-bond acceptors (Lipinski definition) is 5. The number of amides is 2. The molecule has 2 heterocycles. The number of nitrogens with one attached hydrogen (secondary N) is 2. The molecule has 2 aromatic rings. The number of piperidine rings is 1. The molecule has 0 aromatic heterocycles. The molecule has 2 aliphatic rings. The van der Waals surface area contributed by atoms with Crippen molar-refractivity contribution in [1.29, 1.82) is 0 Å². The fraction of sp³-hybridized carbons (Fsp3) is 0.391. The van der Waals surface area contributed by atoms with Crippen LogP contribution in [0.3, 0.4) is 0 Å². The molecule has 0 saturated carbocycles. The quantitative estimate of drug-likeness (QED) is 0.624. The highest BCUT2D eigenvalue weighted by Gasteiger charge is 2.35. The smallest absolute Gasteiger partial charge is 0.248 e. The van der Waals surface area contributed by atoms with Crippen molar-refractivity contribution in [2.24, 2.45) is 5.92 Å². The average molecular weight is 456 g/mol. The number of rotatable bonds is 7. The van der Waals surface area contributed by atoms with E-state index in [1.165, 1.54) is 5.69 Å². The van der Waals surface area contributed by atoms with E-state index in [1.54, 1.807) is 24.3 Å². The number of carbonyl (C=O) groups is 2. The summed E-state index contributed by atoms with van der Waals surface area (Å²) < 4.78 is 24.6. The number of hydrogen-bond donors (Lipinski definition) is 2. The van der Waals surface area contributed by atoms with E-state index < -0.39 is 23.2 Å². The maximum Gasteiger partial charge on any atom is 0.248 e. The third-order valence-electron chi connectivity index (χ3n) is 6.14. The molecular weight excluding hydrogens is 428 g/mol. The van der Waals surface area contributed by atoms with Gasteiger partial charge in [0.1, 0.15) is 6.04 Å². The van der Waals surface area contributed by atoms with Gasteiger partial charge in [-0.3, -0.25) is 18.1 Å². The summed E-state index contributed by atoms with van der Waals surface area (Å²) in [5, 5.41) is 5.55. The van der Waals surface area contributed by atoms with Gasteiger partial charge in [-0.15, -0.1) is 0 Å². The molecule has 2 amide bonds. The van der Waals surface area contributed by atoms with Crippen LogP contribution in [0.1, 0.15) is 25.7 Å². The minimum absolute atomic E-state index is 0.222. The summed E-state index contributed by atoms with van der Waals surface area (Å²) in [4.78, 5) is 27.3. The summed E-state index contributed by atoms with van der Waals surface area (Å²) in [5.74, 6) is -0.302. The number of benzene rings is 2. The summed E-state index contributed by atoms with van der Waals surface area (Å²) in [6, 6.07) is 15.9. The Kier molecular flexibility index (Phi) is 7.06. The van der Waals surface area contributed by atoms with Gasteiger partial charge in [0.15, 0.2) is 0 Å². The summed E-state index contributed by atoms with van der Waals surface area (Å²) in [7, 11) is 0. The molecule has 0 radical (unpaired) electrons. The first-order chi connectivity index (χ1) is 15.5. The summed E-state index contributed by atoms with van der Waals surface area (Å²) in [5.41, 5.74) is 2.02. The van der Waals surface area contributed by atoms with Crippen LogP contribution >= 0.6 is 0 Å². The second-order valence-electron chi connectivity index (χ2n) is 8.17. The van der Waals surface area contributed by atoms with Gasteiger partial charge in [-0.25, -0.2) is 0 Å². The zero-order chi connectivity index (χ0) is 22.5. The SMILES string of the molecule is O=C(CC1C(=O)Nc2ccccc2N1S(=O)[O-])NCCC1CCN(c2ccccc2)CC1. The monoisotopic (exact) mass is 455 g/mol. The van der Waals surface area contributed by atoms with Gasteiger partial charge in [0.2, 0.25) is 11.8 Å². The fourth-order valence-electron chi connectivity index (χ4n) is 4.40. The van der Waals surface area contributed by atoms with Gasteiger partial charge in [0.25, 0.3) is 0 Å². The lowest BCUT2D eigenvalue weighted by Gasteiger charge is -2.38. The van der Waals surface area contributed by atoms with E-state index in [9.17, 15) is 18.4 Å². The predicted octanol–water partition coefficient (Wildman–Crippen LogP) is 2.42. The van der Waals surface area contributed by atoms with Crippen molar-refractivity contribution >= 4 is 40.1 Å². The van der Waals surface area contributed by atoms with Crippen LogP contribution in [0.25, 0.3) is 0 Å². The maximum absolute atomic E-state index is 12.5. The van der Waals surface area contributed by atoms with Crippen molar-refractivity contribution in [3.8, 4) is 0 Å². The zero-order valence-electron chi connectivity index (χ0n) is 17.7. The van der Waals surface area contributed by atoms with E-state index >= 15 is 0 Å². The first kappa shape index (κ1) is 22.3. The van der Waals surface area contributed by atoms with Crippen molar-refractivity contribution in [3.05, 3.63) is 54.6 Å². The summed E-state index contributed by atoms with van der Waals surface area (Å²) in [6.45, 7) is 2.50. The minimum atomic E-state index is -2.67. The maximum atomic E-state index is 12.5. The Hall–Kier alpha value is -2.91. The molecule has 2 N–H and O–H groups in total. The molecule has 170 valence electrons. The van der Waals surface area contributed by atoms with Crippen LogP contribution in [0.15, 0.2) is 54.6 Å². The fourth-order valence-corrected chi connectivity index (χ4v) is 5.10. The van der Waals surface area contributed by atoms with E-state index in [0.717, 1.165) is 36.7 Å². The van der Waals surface area contributed by atoms with Crippen LogP contribution in [0, 0.1) is 5.92 Å². The molecule has 2 aliphatic heterocycles. The first-order valence-corrected chi connectivity index (χ1v) is 11.9. The highest BCUT2D eigenvalue weighted by molar-refractivity contribution is 7.80. The lowest BCUT2D eigenvalue weighted by atomic mass is 9.93. The molecule has 8 nitrogen and oxygen atoms in total. The van der Waals surface area contributed by atoms with Gasteiger partial charge in [-0.1, -0.05) is 30.3 Å². The van der Waals surface area contributed by atoms with Gasteiger partial charge in [0, 0.05) is 36.6 Å². The Labute approximate surface area is 190 Å². The van der Waals surface area contributed by atoms with E-state index in [0.29, 0.717) is 23.8 Å². The Bertz CT molecular complexity index is 979. The molecular formula is C23H27N4O4S-. The van der Waals surface area contributed by atoms with Crippen LogP contribution in [0.5, 0.6) is 0 Å². The van der Waals surface area contributed by atoms with Gasteiger partial charge < -0.3 is 20.1 Å². The lowest BCUT2D eigenvalue weighted by molar-refractivity contribution is -0.125. The normalized spacial score (nSPS) is 19.8. The molecule has 1 fully saturated rings. The number of anilines is 3. The second kappa shape index (κ2) is 10.1. The third kappa shape index (κ3) is 5.11. The van der Waals surface area contributed by atoms with Crippen LogP contribution in [0.2, 0.25) is 0 Å². The molecule has 4 rings (SSSR count). The molecule has 32 heavy (non-hydrogen) atoms. The number of para-hydroxylation sites is 3. The van der Waals surface area contributed by atoms with Crippen molar-refractivity contribution in [1.82, 2.24) is 5.32 Å². The molecule has 2 atom stereocenters. The molecule has 9 heteroatoms. The summed E-state index contributed by atoms with van der Waals surface area (Å²) in [6.07, 6.45) is 2.77. The van der Waals surface area contributed by atoms with Gasteiger partial charge in [-0.2, -0.15) is 0 Å². The molecule has 0 bridgehead atoms. The summed E-state index contributed by atoms with van der Waals surface area (Å²) >= 11 is -2.67. The Balaban J connectivity index is 1.25. The van der Waals surface area contributed by atoms with Crippen molar-refractivity contribution in [2.75, 3.05) is 34.2 Å². The third-order valence-corrected chi connectivity index (χ3v) is 6.91. The number of fused-ring (bicyclic) bond motifs is 1. The number of carbonyl (C=O) groups excluding carboxylic acids is 2. The highest BCUT2D eigenvalue weighted by atomic mass is 32.2. The van der Waals surface area contributed by atoms with Crippen molar-refractivity contribution < 1.29 is 18.4 Å². The van der Waals surface area contributed by atoms with Crippen LogP contribution in [-0.4, -0.2) is 46.3 Å².